The molecule has 1 heterocycles. The molecule has 2 N–H and O–H groups in total. The number of allylic oxidation sites excluding steroid dienone is 1. The van der Waals surface area contributed by atoms with Crippen LogP contribution in [0.1, 0.15) is 26.4 Å². The first-order valence-corrected chi connectivity index (χ1v) is 7.30. The van der Waals surface area contributed by atoms with Crippen LogP contribution in [0.3, 0.4) is 0 Å². The summed E-state index contributed by atoms with van der Waals surface area (Å²) in [4.78, 5) is 26.9. The SMILES string of the molecule is COc1ccc2[nH]c(C(=O)O)c(C(=O)C=Cc3ccccc3)c2c1. The predicted molar refractivity (Wildman–Crippen MR) is 91.6 cm³/mol. The van der Waals surface area contributed by atoms with Gasteiger partial charge in [-0.1, -0.05) is 36.4 Å². The van der Waals surface area contributed by atoms with Crippen LogP contribution in [-0.4, -0.2) is 29.0 Å². The Morgan fingerprint density at radius 1 is 1.12 bits per heavy atom. The molecule has 0 bridgehead atoms. The van der Waals surface area contributed by atoms with Crippen molar-refractivity contribution in [2.75, 3.05) is 7.11 Å². The van der Waals surface area contributed by atoms with E-state index in [1.807, 2.05) is 30.3 Å². The summed E-state index contributed by atoms with van der Waals surface area (Å²) >= 11 is 0. The van der Waals surface area contributed by atoms with Crippen LogP contribution in [0.5, 0.6) is 5.75 Å². The van der Waals surface area contributed by atoms with Crippen molar-refractivity contribution in [2.24, 2.45) is 0 Å². The van der Waals surface area contributed by atoms with E-state index in [4.69, 9.17) is 4.74 Å². The van der Waals surface area contributed by atoms with E-state index in [0.717, 1.165) is 5.56 Å². The van der Waals surface area contributed by atoms with E-state index in [1.54, 1.807) is 24.3 Å². The molecule has 3 aromatic rings. The van der Waals surface area contributed by atoms with Crippen molar-refractivity contribution in [3.63, 3.8) is 0 Å². The van der Waals surface area contributed by atoms with Crippen LogP contribution >= 0.6 is 0 Å². The molecule has 0 spiro atoms. The molecule has 0 amide bonds. The monoisotopic (exact) mass is 321 g/mol. The zero-order chi connectivity index (χ0) is 17.1. The minimum atomic E-state index is -1.18. The highest BCUT2D eigenvalue weighted by molar-refractivity contribution is 6.20. The number of carboxylic acid groups (broad SMARTS) is 1. The number of aromatic amines is 1. The summed E-state index contributed by atoms with van der Waals surface area (Å²) in [6, 6.07) is 14.4. The number of fused-ring (bicyclic) bond motifs is 1. The molecule has 3 rings (SSSR count). The van der Waals surface area contributed by atoms with Crippen molar-refractivity contribution < 1.29 is 19.4 Å². The average Bonchev–Trinajstić information content (AvgIpc) is 2.99. The highest BCUT2D eigenvalue weighted by atomic mass is 16.5. The highest BCUT2D eigenvalue weighted by Crippen LogP contribution is 2.27. The first-order chi connectivity index (χ1) is 11.6. The molecule has 2 aromatic carbocycles. The van der Waals surface area contributed by atoms with Gasteiger partial charge in [0.05, 0.1) is 12.7 Å². The summed E-state index contributed by atoms with van der Waals surface area (Å²) in [6.45, 7) is 0. The van der Waals surface area contributed by atoms with Crippen LogP contribution in [0, 0.1) is 0 Å². The number of hydrogen-bond donors (Lipinski definition) is 2. The number of ether oxygens (including phenoxy) is 1. The standard InChI is InChI=1S/C19H15NO4/c1-24-13-8-9-15-14(11-13)17(18(20-15)19(22)23)16(21)10-7-12-5-3-2-4-6-12/h2-11,20H,1H3,(H,22,23). The Balaban J connectivity index is 2.09. The Kier molecular flexibility index (Phi) is 4.16. The van der Waals surface area contributed by atoms with Gasteiger partial charge in [0.15, 0.2) is 5.78 Å². The second-order valence-electron chi connectivity index (χ2n) is 5.20. The Morgan fingerprint density at radius 2 is 1.88 bits per heavy atom. The minimum Gasteiger partial charge on any atom is -0.497 e. The third-order valence-corrected chi connectivity index (χ3v) is 3.69. The summed E-state index contributed by atoms with van der Waals surface area (Å²) in [5.74, 6) is -1.00. The third kappa shape index (κ3) is 2.92. The van der Waals surface area contributed by atoms with E-state index in [9.17, 15) is 14.7 Å². The Hall–Kier alpha value is -3.34. The van der Waals surface area contributed by atoms with E-state index >= 15 is 0 Å². The number of carbonyl (C=O) groups is 2. The number of hydrogen-bond acceptors (Lipinski definition) is 3. The molecular weight excluding hydrogens is 306 g/mol. The number of rotatable bonds is 5. The zero-order valence-corrected chi connectivity index (χ0v) is 12.9. The number of benzene rings is 2. The quantitative estimate of drug-likeness (QED) is 0.554. The maximum atomic E-state index is 12.6. The topological polar surface area (TPSA) is 79.4 Å². The van der Waals surface area contributed by atoms with Crippen molar-refractivity contribution in [1.29, 1.82) is 0 Å². The van der Waals surface area contributed by atoms with E-state index in [-0.39, 0.29) is 17.0 Å². The summed E-state index contributed by atoms with van der Waals surface area (Å²) in [7, 11) is 1.52. The summed E-state index contributed by atoms with van der Waals surface area (Å²) in [6.07, 6.45) is 3.04. The van der Waals surface area contributed by atoms with Gasteiger partial charge in [0.25, 0.3) is 0 Å². The largest absolute Gasteiger partial charge is 0.497 e. The van der Waals surface area contributed by atoms with Crippen LogP contribution in [0.25, 0.3) is 17.0 Å². The van der Waals surface area contributed by atoms with E-state index in [0.29, 0.717) is 16.7 Å². The molecule has 0 aliphatic carbocycles. The fourth-order valence-corrected chi connectivity index (χ4v) is 2.53. The Labute approximate surface area is 138 Å². The van der Waals surface area contributed by atoms with Crippen molar-refractivity contribution in [3.05, 3.63) is 71.4 Å². The summed E-state index contributed by atoms with van der Waals surface area (Å²) < 4.78 is 5.17. The molecule has 0 unspecified atom stereocenters. The molecule has 24 heavy (non-hydrogen) atoms. The predicted octanol–water partition coefficient (Wildman–Crippen LogP) is 3.77. The molecule has 0 atom stereocenters. The van der Waals surface area contributed by atoms with Crippen LogP contribution in [-0.2, 0) is 0 Å². The van der Waals surface area contributed by atoms with Gasteiger partial charge in [-0.2, -0.15) is 0 Å². The normalized spacial score (nSPS) is 11.0. The number of carbonyl (C=O) groups excluding carboxylic acids is 1. The lowest BCUT2D eigenvalue weighted by Crippen LogP contribution is -2.05. The molecule has 0 saturated heterocycles. The van der Waals surface area contributed by atoms with Gasteiger partial charge in [-0.15, -0.1) is 0 Å². The molecule has 120 valence electrons. The molecule has 0 aliphatic rings. The van der Waals surface area contributed by atoms with Crippen LogP contribution in [0.15, 0.2) is 54.6 Å². The number of aromatic carboxylic acids is 1. The summed E-state index contributed by atoms with van der Waals surface area (Å²) in [5, 5.41) is 9.91. The number of ketones is 1. The van der Waals surface area contributed by atoms with Crippen molar-refractivity contribution >= 4 is 28.7 Å². The second kappa shape index (κ2) is 6.42. The van der Waals surface area contributed by atoms with Gasteiger partial charge >= 0.3 is 5.97 Å². The smallest absolute Gasteiger partial charge is 0.353 e. The van der Waals surface area contributed by atoms with E-state index in [1.165, 1.54) is 13.2 Å². The fraction of sp³-hybridized carbons (Fsp3) is 0.0526. The zero-order valence-electron chi connectivity index (χ0n) is 12.9. The van der Waals surface area contributed by atoms with Gasteiger partial charge in [0, 0.05) is 10.9 Å². The first kappa shape index (κ1) is 15.6. The van der Waals surface area contributed by atoms with Crippen LogP contribution in [0.4, 0.5) is 0 Å². The average molecular weight is 321 g/mol. The van der Waals surface area contributed by atoms with E-state index < -0.39 is 5.97 Å². The van der Waals surface area contributed by atoms with Crippen LogP contribution < -0.4 is 4.74 Å². The molecule has 1 aromatic heterocycles. The van der Waals surface area contributed by atoms with Crippen molar-refractivity contribution in [2.45, 2.75) is 0 Å². The molecule has 0 aliphatic heterocycles. The van der Waals surface area contributed by atoms with Crippen LogP contribution in [0.2, 0.25) is 0 Å². The van der Waals surface area contributed by atoms with Gasteiger partial charge in [-0.3, -0.25) is 4.79 Å². The summed E-state index contributed by atoms with van der Waals surface area (Å²) in [5.41, 5.74) is 1.44. The van der Waals surface area contributed by atoms with Gasteiger partial charge in [0.2, 0.25) is 0 Å². The Bertz CT molecular complexity index is 939. The lowest BCUT2D eigenvalue weighted by Gasteiger charge is -2.00. The highest BCUT2D eigenvalue weighted by Gasteiger charge is 2.21. The third-order valence-electron chi connectivity index (χ3n) is 3.69. The molecule has 5 nitrogen and oxygen atoms in total. The minimum absolute atomic E-state index is 0.124. The number of carboxylic acids is 1. The number of nitrogens with one attached hydrogen (secondary N) is 1. The number of aromatic nitrogens is 1. The van der Waals surface area contributed by atoms with Crippen molar-refractivity contribution in [1.82, 2.24) is 4.98 Å². The second-order valence-corrected chi connectivity index (χ2v) is 5.20. The molecule has 0 radical (unpaired) electrons. The first-order valence-electron chi connectivity index (χ1n) is 7.30. The molecule has 0 fully saturated rings. The van der Waals surface area contributed by atoms with Gasteiger partial charge in [0.1, 0.15) is 11.4 Å². The lowest BCUT2D eigenvalue weighted by atomic mass is 10.0. The number of methoxy groups -OCH3 is 1. The fourth-order valence-electron chi connectivity index (χ4n) is 2.53. The van der Waals surface area contributed by atoms with Gasteiger partial charge in [-0.05, 0) is 29.8 Å². The van der Waals surface area contributed by atoms with Crippen molar-refractivity contribution in [3.8, 4) is 5.75 Å². The Morgan fingerprint density at radius 3 is 2.54 bits per heavy atom. The molecule has 5 heteroatoms. The maximum absolute atomic E-state index is 12.6. The lowest BCUT2D eigenvalue weighted by molar-refractivity contribution is 0.0687. The van der Waals surface area contributed by atoms with Gasteiger partial charge in [-0.25, -0.2) is 4.79 Å². The molecular formula is C19H15NO4. The maximum Gasteiger partial charge on any atom is 0.353 e. The number of H-pyrrole nitrogens is 1. The van der Waals surface area contributed by atoms with Gasteiger partial charge < -0.3 is 14.8 Å². The van der Waals surface area contributed by atoms with E-state index in [2.05, 4.69) is 4.98 Å². The molecule has 0 saturated carbocycles.